The molecule has 0 spiro atoms. The Bertz CT molecular complexity index is 1560. The molecule has 0 aliphatic carbocycles. The fourth-order valence-electron chi connectivity index (χ4n) is 3.28. The van der Waals surface area contributed by atoms with Crippen molar-refractivity contribution in [2.24, 2.45) is 0 Å². The summed E-state index contributed by atoms with van der Waals surface area (Å²) in [5, 5.41) is 21.8. The third kappa shape index (κ3) is 6.11. The van der Waals surface area contributed by atoms with Crippen LogP contribution in [0.4, 0.5) is 13.2 Å². The number of sulfonamides is 1. The number of carboxylic acid groups (broad SMARTS) is 1. The molecule has 3 heterocycles. The van der Waals surface area contributed by atoms with E-state index in [1.165, 1.54) is 20.4 Å². The molecule has 4 rings (SSSR count). The summed E-state index contributed by atoms with van der Waals surface area (Å²) < 4.78 is 59.6. The van der Waals surface area contributed by atoms with E-state index in [9.17, 15) is 26.9 Å². The minimum atomic E-state index is -5.08. The smallest absolute Gasteiger partial charge is 0.475 e. The Morgan fingerprint density at radius 1 is 1.27 bits per heavy atom. The van der Waals surface area contributed by atoms with Crippen molar-refractivity contribution in [2.75, 3.05) is 14.1 Å². The van der Waals surface area contributed by atoms with Crippen LogP contribution in [0.1, 0.15) is 18.0 Å². The predicted octanol–water partition coefficient (Wildman–Crippen LogP) is 3.21. The van der Waals surface area contributed by atoms with Crippen molar-refractivity contribution in [3.05, 3.63) is 60.8 Å². The Morgan fingerprint density at radius 2 is 1.97 bits per heavy atom. The highest BCUT2D eigenvalue weighted by Crippen LogP contribution is 2.29. The largest absolute Gasteiger partial charge is 0.490 e. The van der Waals surface area contributed by atoms with Gasteiger partial charge in [0.25, 0.3) is 0 Å². The maximum Gasteiger partial charge on any atom is 0.490 e. The van der Waals surface area contributed by atoms with Gasteiger partial charge < -0.3 is 10.1 Å². The quantitative estimate of drug-likeness (QED) is 0.381. The van der Waals surface area contributed by atoms with Crippen molar-refractivity contribution in [2.45, 2.75) is 23.5 Å². The van der Waals surface area contributed by atoms with Gasteiger partial charge in [0.2, 0.25) is 10.0 Å². The van der Waals surface area contributed by atoms with Gasteiger partial charge in [0.1, 0.15) is 12.0 Å². The lowest BCUT2D eigenvalue weighted by molar-refractivity contribution is -0.192. The highest BCUT2D eigenvalue weighted by Gasteiger charge is 2.38. The zero-order chi connectivity index (χ0) is 27.4. The minimum Gasteiger partial charge on any atom is -0.475 e. The summed E-state index contributed by atoms with van der Waals surface area (Å²) >= 11 is 0. The summed E-state index contributed by atoms with van der Waals surface area (Å²) in [6, 6.07) is 10.2. The van der Waals surface area contributed by atoms with Crippen LogP contribution in [-0.4, -0.2) is 68.8 Å². The SMILES string of the molecule is CN(C)S(=O)(=O)c1cccc(C(CC#N)n2cc(-c3ncnc4[nH]ccc34)cn2)c1.O=C(O)C(F)(F)F. The van der Waals surface area contributed by atoms with Crippen molar-refractivity contribution >= 4 is 27.0 Å². The van der Waals surface area contributed by atoms with E-state index in [2.05, 4.69) is 26.1 Å². The molecule has 0 radical (unpaired) electrons. The van der Waals surface area contributed by atoms with E-state index in [-0.39, 0.29) is 11.3 Å². The molecule has 0 aliphatic rings. The van der Waals surface area contributed by atoms with Crippen LogP contribution >= 0.6 is 0 Å². The Hall–Kier alpha value is -4.29. The number of aromatic amines is 1. The lowest BCUT2D eigenvalue weighted by Gasteiger charge is -2.17. The van der Waals surface area contributed by atoms with Gasteiger partial charge in [-0.15, -0.1) is 0 Å². The molecule has 1 unspecified atom stereocenters. The van der Waals surface area contributed by atoms with Gasteiger partial charge in [0.15, 0.2) is 0 Å². The molecule has 0 bridgehead atoms. The first-order chi connectivity index (χ1) is 17.4. The van der Waals surface area contributed by atoms with Gasteiger partial charge in [-0.1, -0.05) is 12.1 Å². The second-order valence-electron chi connectivity index (χ2n) is 7.71. The molecule has 2 N–H and O–H groups in total. The molecule has 0 fully saturated rings. The second kappa shape index (κ2) is 10.8. The average Bonchev–Trinajstić information content (AvgIpc) is 3.52. The maximum atomic E-state index is 12.5. The Kier molecular flexibility index (Phi) is 7.94. The second-order valence-corrected chi connectivity index (χ2v) is 9.86. The summed E-state index contributed by atoms with van der Waals surface area (Å²) in [7, 11) is -0.617. The molecule has 11 nitrogen and oxygen atoms in total. The molecule has 0 saturated carbocycles. The molecule has 15 heteroatoms. The molecular weight excluding hydrogens is 515 g/mol. The van der Waals surface area contributed by atoms with Crippen molar-refractivity contribution in [1.29, 1.82) is 5.26 Å². The van der Waals surface area contributed by atoms with Crippen molar-refractivity contribution in [1.82, 2.24) is 29.0 Å². The highest BCUT2D eigenvalue weighted by molar-refractivity contribution is 7.89. The molecule has 0 aliphatic heterocycles. The Labute approximate surface area is 208 Å². The molecule has 194 valence electrons. The summed E-state index contributed by atoms with van der Waals surface area (Å²) in [6.07, 6.45) is 1.82. The molecule has 3 aromatic heterocycles. The van der Waals surface area contributed by atoms with Gasteiger partial charge in [0.05, 0.1) is 35.3 Å². The van der Waals surface area contributed by atoms with Crippen LogP contribution in [-0.2, 0) is 14.8 Å². The van der Waals surface area contributed by atoms with E-state index < -0.39 is 28.2 Å². The minimum absolute atomic E-state index is 0.135. The number of nitrogens with one attached hydrogen (secondary N) is 1. The van der Waals surface area contributed by atoms with Crippen molar-refractivity contribution in [3.63, 3.8) is 0 Å². The number of nitrogens with zero attached hydrogens (tertiary/aromatic N) is 6. The number of alkyl halides is 3. The Morgan fingerprint density at radius 3 is 2.59 bits per heavy atom. The van der Waals surface area contributed by atoms with Crippen LogP contribution in [0.2, 0.25) is 0 Å². The first kappa shape index (κ1) is 27.3. The van der Waals surface area contributed by atoms with Crippen LogP contribution in [0.5, 0.6) is 0 Å². The van der Waals surface area contributed by atoms with Gasteiger partial charge in [-0.2, -0.15) is 23.5 Å². The standard InChI is InChI=1S/C20H19N7O2S.C2HF3O2/c1-26(2)30(28,29)16-5-3-4-14(10-16)18(6-8-21)27-12-15(11-25-27)19-17-7-9-22-20(17)24-13-23-19;3-2(4,5)1(6)7/h3-5,7,9-13,18H,6H2,1-2H3,(H,22,23,24);(H,6,7). The monoisotopic (exact) mass is 535 g/mol. The van der Waals surface area contributed by atoms with E-state index in [0.29, 0.717) is 5.56 Å². The Balaban J connectivity index is 0.000000479. The van der Waals surface area contributed by atoms with E-state index >= 15 is 0 Å². The van der Waals surface area contributed by atoms with Gasteiger partial charge in [0, 0.05) is 37.4 Å². The predicted molar refractivity (Wildman–Crippen MR) is 124 cm³/mol. The zero-order valence-electron chi connectivity index (χ0n) is 19.4. The van der Waals surface area contributed by atoms with Crippen LogP contribution in [0, 0.1) is 11.3 Å². The number of benzene rings is 1. The lowest BCUT2D eigenvalue weighted by atomic mass is 10.0. The number of carbonyl (C=O) groups is 1. The van der Waals surface area contributed by atoms with Crippen LogP contribution in [0.25, 0.3) is 22.3 Å². The van der Waals surface area contributed by atoms with Gasteiger partial charge in [-0.3, -0.25) is 4.68 Å². The topological polar surface area (TPSA) is 158 Å². The summed E-state index contributed by atoms with van der Waals surface area (Å²) in [4.78, 5) is 20.7. The van der Waals surface area contributed by atoms with Crippen LogP contribution in [0.3, 0.4) is 0 Å². The molecule has 37 heavy (non-hydrogen) atoms. The number of rotatable bonds is 6. The number of halogens is 3. The number of nitriles is 1. The maximum absolute atomic E-state index is 12.5. The normalized spacial score (nSPS) is 12.6. The van der Waals surface area contributed by atoms with Gasteiger partial charge >= 0.3 is 12.1 Å². The number of aromatic nitrogens is 5. The molecule has 4 aromatic rings. The molecule has 1 atom stereocenters. The summed E-state index contributed by atoms with van der Waals surface area (Å²) in [5.41, 5.74) is 2.92. The number of H-pyrrole nitrogens is 1. The van der Waals surface area contributed by atoms with Crippen molar-refractivity contribution in [3.8, 4) is 17.3 Å². The third-order valence-electron chi connectivity index (χ3n) is 5.10. The van der Waals surface area contributed by atoms with E-state index in [4.69, 9.17) is 9.90 Å². The highest BCUT2D eigenvalue weighted by atomic mass is 32.2. The molecule has 0 saturated heterocycles. The number of hydrogen-bond donors (Lipinski definition) is 2. The van der Waals surface area contributed by atoms with Crippen molar-refractivity contribution < 1.29 is 31.5 Å². The lowest BCUT2D eigenvalue weighted by Crippen LogP contribution is -2.22. The van der Waals surface area contributed by atoms with E-state index in [1.54, 1.807) is 41.3 Å². The first-order valence-electron chi connectivity index (χ1n) is 10.4. The summed E-state index contributed by atoms with van der Waals surface area (Å²) in [6.45, 7) is 0. The molecule has 1 aromatic carbocycles. The zero-order valence-corrected chi connectivity index (χ0v) is 20.2. The number of aliphatic carboxylic acids is 1. The summed E-state index contributed by atoms with van der Waals surface area (Å²) in [5.74, 6) is -2.76. The fraction of sp³-hybridized carbons (Fsp3) is 0.227. The van der Waals surface area contributed by atoms with E-state index in [1.807, 2.05) is 12.3 Å². The first-order valence-corrected chi connectivity index (χ1v) is 11.8. The van der Waals surface area contributed by atoms with E-state index in [0.717, 1.165) is 26.6 Å². The number of carboxylic acids is 1. The third-order valence-corrected chi connectivity index (χ3v) is 6.91. The fourth-order valence-corrected chi connectivity index (χ4v) is 4.23. The van der Waals surface area contributed by atoms with Gasteiger partial charge in [-0.25, -0.2) is 27.5 Å². The van der Waals surface area contributed by atoms with Crippen LogP contribution in [0.15, 0.2) is 60.1 Å². The number of hydrogen-bond acceptors (Lipinski definition) is 7. The number of fused-ring (bicyclic) bond motifs is 1. The van der Waals surface area contributed by atoms with Gasteiger partial charge in [-0.05, 0) is 23.8 Å². The molecule has 0 amide bonds. The van der Waals surface area contributed by atoms with Crippen LogP contribution < -0.4 is 0 Å². The molecular formula is C22H20F3N7O4S. The average molecular weight is 536 g/mol.